The van der Waals surface area contributed by atoms with Gasteiger partial charge in [-0.25, -0.2) is 4.39 Å². The van der Waals surface area contributed by atoms with Crippen molar-refractivity contribution in [2.24, 2.45) is 0 Å². The van der Waals surface area contributed by atoms with Gasteiger partial charge in [0.1, 0.15) is 5.82 Å². The minimum Gasteiger partial charge on any atom is -0.378 e. The predicted octanol–water partition coefficient (Wildman–Crippen LogP) is 3.32. The number of hydrogen-bond donors (Lipinski definition) is 2. The first-order valence-electron chi connectivity index (χ1n) is 9.75. The highest BCUT2D eigenvalue weighted by Gasteiger charge is 2.18. The van der Waals surface area contributed by atoms with Crippen LogP contribution in [-0.4, -0.2) is 52.9 Å². The maximum absolute atomic E-state index is 13.8. The minimum absolute atomic E-state index is 0.0334. The van der Waals surface area contributed by atoms with E-state index in [0.29, 0.717) is 43.4 Å². The molecule has 31 heavy (non-hydrogen) atoms. The number of nitrogens with one attached hydrogen (secondary N) is 2. The molecule has 1 amide bonds. The predicted molar refractivity (Wildman–Crippen MR) is 118 cm³/mol. The molecule has 3 aromatic rings. The maximum atomic E-state index is 13.8. The van der Waals surface area contributed by atoms with Gasteiger partial charge in [0.15, 0.2) is 5.16 Å². The van der Waals surface area contributed by atoms with Gasteiger partial charge in [-0.1, -0.05) is 42.1 Å². The second kappa shape index (κ2) is 10.2. The third-order valence-electron chi connectivity index (χ3n) is 4.41. The topological polar surface area (TPSA) is 92.3 Å². The van der Waals surface area contributed by atoms with Gasteiger partial charge in [0, 0.05) is 18.8 Å². The normalized spacial score (nSPS) is 13.6. The van der Waals surface area contributed by atoms with Crippen LogP contribution in [0.3, 0.4) is 0 Å². The molecule has 0 saturated carbocycles. The van der Waals surface area contributed by atoms with E-state index in [1.54, 1.807) is 12.1 Å². The fourth-order valence-electron chi connectivity index (χ4n) is 2.90. The SMILES string of the molecule is O=C(CSc1nc(Nc2ccccc2)nc(N2CCOCC2)n1)Nc1ccccc1F. The maximum Gasteiger partial charge on any atom is 0.234 e. The number of carbonyl (C=O) groups excluding carboxylic acids is 1. The van der Waals surface area contributed by atoms with Crippen molar-refractivity contribution in [3.05, 3.63) is 60.4 Å². The molecule has 0 atom stereocenters. The van der Waals surface area contributed by atoms with Crippen molar-refractivity contribution in [1.82, 2.24) is 15.0 Å². The van der Waals surface area contributed by atoms with Crippen molar-refractivity contribution in [1.29, 1.82) is 0 Å². The highest BCUT2D eigenvalue weighted by atomic mass is 32.2. The lowest BCUT2D eigenvalue weighted by Gasteiger charge is -2.27. The fourth-order valence-corrected chi connectivity index (χ4v) is 3.53. The number of benzene rings is 2. The van der Waals surface area contributed by atoms with Gasteiger partial charge in [-0.2, -0.15) is 15.0 Å². The molecule has 1 aliphatic rings. The van der Waals surface area contributed by atoms with E-state index in [4.69, 9.17) is 4.74 Å². The van der Waals surface area contributed by atoms with Crippen molar-refractivity contribution in [2.45, 2.75) is 5.16 Å². The van der Waals surface area contributed by atoms with Crippen LogP contribution < -0.4 is 15.5 Å². The summed E-state index contributed by atoms with van der Waals surface area (Å²) in [4.78, 5) is 27.8. The molecule has 0 unspecified atom stereocenters. The Morgan fingerprint density at radius 3 is 2.55 bits per heavy atom. The molecule has 1 aliphatic heterocycles. The number of para-hydroxylation sites is 2. The molecule has 0 bridgehead atoms. The molecule has 2 N–H and O–H groups in total. The number of hydrogen-bond acceptors (Lipinski definition) is 8. The van der Waals surface area contributed by atoms with Crippen LogP contribution in [0.1, 0.15) is 0 Å². The largest absolute Gasteiger partial charge is 0.378 e. The summed E-state index contributed by atoms with van der Waals surface area (Å²) in [6, 6.07) is 15.6. The van der Waals surface area contributed by atoms with E-state index in [0.717, 1.165) is 17.4 Å². The Bertz CT molecular complexity index is 1030. The molecule has 0 radical (unpaired) electrons. The zero-order chi connectivity index (χ0) is 21.5. The molecule has 0 spiro atoms. The van der Waals surface area contributed by atoms with Crippen LogP contribution in [0, 0.1) is 5.82 Å². The number of halogens is 1. The average Bonchev–Trinajstić information content (AvgIpc) is 2.80. The van der Waals surface area contributed by atoms with Gasteiger partial charge < -0.3 is 20.3 Å². The van der Waals surface area contributed by atoms with E-state index < -0.39 is 5.82 Å². The van der Waals surface area contributed by atoms with Gasteiger partial charge in [0.25, 0.3) is 0 Å². The van der Waals surface area contributed by atoms with Crippen LogP contribution in [0.25, 0.3) is 0 Å². The van der Waals surface area contributed by atoms with Crippen LogP contribution in [0.5, 0.6) is 0 Å². The van der Waals surface area contributed by atoms with Gasteiger partial charge in [-0.3, -0.25) is 4.79 Å². The Labute approximate surface area is 183 Å². The molecule has 0 aliphatic carbocycles. The standard InChI is InChI=1S/C21H21FN6O2S/c22-16-8-4-5-9-17(16)24-18(29)14-31-21-26-19(23-15-6-2-1-3-7-15)25-20(27-21)28-10-12-30-13-11-28/h1-9H,10-14H2,(H,24,29)(H,23,25,26,27). The molecule has 4 rings (SSSR count). The Balaban J connectivity index is 1.49. The van der Waals surface area contributed by atoms with Crippen molar-refractivity contribution in [3.8, 4) is 0 Å². The van der Waals surface area contributed by atoms with E-state index in [2.05, 4.69) is 25.6 Å². The summed E-state index contributed by atoms with van der Waals surface area (Å²) in [7, 11) is 0. The number of carbonyl (C=O) groups is 1. The van der Waals surface area contributed by atoms with E-state index in [-0.39, 0.29) is 17.3 Å². The van der Waals surface area contributed by atoms with E-state index in [1.807, 2.05) is 35.2 Å². The van der Waals surface area contributed by atoms with Crippen molar-refractivity contribution >= 4 is 40.9 Å². The Kier molecular flexibility index (Phi) is 6.90. The summed E-state index contributed by atoms with van der Waals surface area (Å²) in [6.45, 7) is 2.54. The molecule has 8 nitrogen and oxygen atoms in total. The fraction of sp³-hybridized carbons (Fsp3) is 0.238. The summed E-state index contributed by atoms with van der Waals surface area (Å²) in [6.07, 6.45) is 0. The van der Waals surface area contributed by atoms with Crippen LogP contribution in [-0.2, 0) is 9.53 Å². The number of anilines is 4. The first-order chi connectivity index (χ1) is 15.2. The third kappa shape index (κ3) is 5.89. The van der Waals surface area contributed by atoms with Crippen LogP contribution >= 0.6 is 11.8 Å². The van der Waals surface area contributed by atoms with Gasteiger partial charge in [0.2, 0.25) is 17.8 Å². The van der Waals surface area contributed by atoms with Gasteiger partial charge in [-0.15, -0.1) is 0 Å². The highest BCUT2D eigenvalue weighted by molar-refractivity contribution is 7.99. The Morgan fingerprint density at radius 1 is 1.03 bits per heavy atom. The highest BCUT2D eigenvalue weighted by Crippen LogP contribution is 2.22. The zero-order valence-electron chi connectivity index (χ0n) is 16.6. The van der Waals surface area contributed by atoms with E-state index >= 15 is 0 Å². The number of aromatic nitrogens is 3. The van der Waals surface area contributed by atoms with Gasteiger partial charge >= 0.3 is 0 Å². The quantitative estimate of drug-likeness (QED) is 0.541. The summed E-state index contributed by atoms with van der Waals surface area (Å²) in [5.41, 5.74) is 0.985. The second-order valence-corrected chi connectivity index (χ2v) is 7.59. The van der Waals surface area contributed by atoms with Crippen molar-refractivity contribution in [2.75, 3.05) is 47.6 Å². The lowest BCUT2D eigenvalue weighted by molar-refractivity contribution is -0.113. The van der Waals surface area contributed by atoms with Gasteiger partial charge in [0.05, 0.1) is 24.7 Å². The van der Waals surface area contributed by atoms with E-state index in [1.165, 1.54) is 12.1 Å². The Morgan fingerprint density at radius 2 is 1.77 bits per heavy atom. The monoisotopic (exact) mass is 440 g/mol. The van der Waals surface area contributed by atoms with E-state index in [9.17, 15) is 9.18 Å². The average molecular weight is 441 g/mol. The summed E-state index contributed by atoms with van der Waals surface area (Å²) in [5, 5.41) is 6.14. The number of amides is 1. The molecular formula is C21H21FN6O2S. The van der Waals surface area contributed by atoms with Gasteiger partial charge in [-0.05, 0) is 24.3 Å². The zero-order valence-corrected chi connectivity index (χ0v) is 17.4. The third-order valence-corrected chi connectivity index (χ3v) is 5.25. The summed E-state index contributed by atoms with van der Waals surface area (Å²) in [5.74, 6) is 0.116. The van der Waals surface area contributed by atoms with Crippen LogP contribution in [0.4, 0.5) is 27.7 Å². The van der Waals surface area contributed by atoms with Crippen molar-refractivity contribution < 1.29 is 13.9 Å². The molecule has 2 aromatic carbocycles. The molecule has 1 fully saturated rings. The smallest absolute Gasteiger partial charge is 0.234 e. The molecule has 1 aromatic heterocycles. The molecule has 10 heteroatoms. The van der Waals surface area contributed by atoms with Crippen molar-refractivity contribution in [3.63, 3.8) is 0 Å². The molecule has 2 heterocycles. The number of morpholine rings is 1. The van der Waals surface area contributed by atoms with Crippen LogP contribution in [0.2, 0.25) is 0 Å². The Hall–Kier alpha value is -3.24. The number of thioether (sulfide) groups is 1. The number of rotatable bonds is 7. The first-order valence-corrected chi connectivity index (χ1v) is 10.7. The first kappa shape index (κ1) is 21.0. The summed E-state index contributed by atoms with van der Waals surface area (Å²) >= 11 is 1.16. The van der Waals surface area contributed by atoms with Crippen LogP contribution in [0.15, 0.2) is 59.8 Å². The lowest BCUT2D eigenvalue weighted by atomic mass is 10.3. The second-order valence-electron chi connectivity index (χ2n) is 6.65. The molecule has 160 valence electrons. The lowest BCUT2D eigenvalue weighted by Crippen LogP contribution is -2.37. The summed E-state index contributed by atoms with van der Waals surface area (Å²) < 4.78 is 19.2. The minimum atomic E-state index is -0.482. The number of ether oxygens (including phenoxy) is 1. The molecule has 1 saturated heterocycles. The molecular weight excluding hydrogens is 419 g/mol. The number of nitrogens with zero attached hydrogens (tertiary/aromatic N) is 4.